The largest absolute Gasteiger partial charge is 0.329 e. The predicted octanol–water partition coefficient (Wildman–Crippen LogP) is 5.06. The molecule has 1 unspecified atom stereocenters. The normalized spacial score (nSPS) is 15.3. The Morgan fingerprint density at radius 1 is 1.15 bits per heavy atom. The van der Waals surface area contributed by atoms with Gasteiger partial charge in [-0.25, -0.2) is 4.98 Å². The highest BCUT2D eigenvalue weighted by molar-refractivity contribution is 7.99. The van der Waals surface area contributed by atoms with E-state index in [0.29, 0.717) is 17.8 Å². The molecule has 3 aromatic heterocycles. The number of imidazole rings is 1. The summed E-state index contributed by atoms with van der Waals surface area (Å²) in [5, 5.41) is 7.86. The van der Waals surface area contributed by atoms with E-state index < -0.39 is 0 Å². The van der Waals surface area contributed by atoms with Crippen molar-refractivity contribution >= 4 is 51.9 Å². The van der Waals surface area contributed by atoms with Gasteiger partial charge in [-0.15, -0.1) is 22.7 Å². The van der Waals surface area contributed by atoms with Crippen molar-refractivity contribution in [2.24, 2.45) is 7.05 Å². The number of rotatable bonds is 6. The van der Waals surface area contributed by atoms with Crippen LogP contribution in [0.25, 0.3) is 0 Å². The zero-order valence-electron chi connectivity index (χ0n) is 17.9. The Balaban J connectivity index is 1.27. The van der Waals surface area contributed by atoms with Gasteiger partial charge in [0.15, 0.2) is 5.16 Å². The van der Waals surface area contributed by atoms with Crippen molar-refractivity contribution in [3.8, 4) is 0 Å². The zero-order chi connectivity index (χ0) is 22.8. The van der Waals surface area contributed by atoms with Crippen LogP contribution in [0.4, 0.5) is 5.69 Å². The Hall–Kier alpha value is -2.88. The molecule has 0 spiro atoms. The van der Waals surface area contributed by atoms with E-state index in [-0.39, 0.29) is 23.6 Å². The first-order valence-corrected chi connectivity index (χ1v) is 13.3. The second-order valence-corrected chi connectivity index (χ2v) is 10.6. The lowest BCUT2D eigenvalue weighted by molar-refractivity contribution is -0.113. The van der Waals surface area contributed by atoms with Crippen molar-refractivity contribution in [3.63, 3.8) is 0 Å². The van der Waals surface area contributed by atoms with Crippen LogP contribution in [-0.2, 0) is 18.3 Å². The molecule has 4 heterocycles. The molecule has 1 aliphatic heterocycles. The molecule has 1 atom stereocenters. The third-order valence-corrected chi connectivity index (χ3v) is 8.54. The lowest BCUT2D eigenvalue weighted by atomic mass is 9.97. The molecule has 0 aliphatic carbocycles. The van der Waals surface area contributed by atoms with Crippen LogP contribution in [0.5, 0.6) is 0 Å². The average Bonchev–Trinajstić information content (AvgIpc) is 3.59. The van der Waals surface area contributed by atoms with Crippen molar-refractivity contribution in [1.29, 1.82) is 0 Å². The van der Waals surface area contributed by atoms with Crippen LogP contribution in [0.1, 0.15) is 31.7 Å². The maximum atomic E-state index is 13.5. The Morgan fingerprint density at radius 3 is 2.73 bits per heavy atom. The fourth-order valence-corrected chi connectivity index (χ4v) is 6.46. The summed E-state index contributed by atoms with van der Waals surface area (Å²) in [7, 11) is 1.90. The molecule has 5 rings (SSSR count). The maximum absolute atomic E-state index is 13.5. The van der Waals surface area contributed by atoms with Gasteiger partial charge in [0, 0.05) is 47.0 Å². The van der Waals surface area contributed by atoms with Crippen molar-refractivity contribution in [1.82, 2.24) is 14.5 Å². The zero-order valence-corrected chi connectivity index (χ0v) is 20.4. The summed E-state index contributed by atoms with van der Waals surface area (Å²) in [5.74, 6) is 0.166. The first-order valence-electron chi connectivity index (χ1n) is 10.5. The maximum Gasteiger partial charge on any atom is 0.254 e. The molecule has 0 bridgehead atoms. The third kappa shape index (κ3) is 4.62. The lowest BCUT2D eigenvalue weighted by Crippen LogP contribution is -2.39. The number of thiophene rings is 2. The third-order valence-electron chi connectivity index (χ3n) is 5.56. The summed E-state index contributed by atoms with van der Waals surface area (Å²) in [4.78, 5) is 34.5. The topological polar surface area (TPSA) is 67.2 Å². The van der Waals surface area contributed by atoms with Gasteiger partial charge in [-0.3, -0.25) is 9.59 Å². The summed E-state index contributed by atoms with van der Waals surface area (Å²) in [5.41, 5.74) is 2.53. The van der Waals surface area contributed by atoms with E-state index in [9.17, 15) is 9.59 Å². The molecule has 1 N–H and O–H groups in total. The molecule has 0 fully saturated rings. The Kier molecular flexibility index (Phi) is 6.34. The SMILES string of the molecule is Cn1ccnc1SCC(=O)Nc1ccc(C(=O)N2CCc3sccc3C2c2cccs2)cc1. The van der Waals surface area contributed by atoms with Crippen LogP contribution < -0.4 is 5.32 Å². The second-order valence-electron chi connectivity index (χ2n) is 7.70. The van der Waals surface area contributed by atoms with Gasteiger partial charge in [0.25, 0.3) is 5.91 Å². The molecule has 1 aromatic carbocycles. The van der Waals surface area contributed by atoms with Gasteiger partial charge in [-0.05, 0) is 59.1 Å². The summed E-state index contributed by atoms with van der Waals surface area (Å²) < 4.78 is 1.88. The number of fused-ring (bicyclic) bond motifs is 1. The predicted molar refractivity (Wildman–Crippen MR) is 134 cm³/mol. The Bertz CT molecular complexity index is 1260. The fourth-order valence-electron chi connectivity index (χ4n) is 3.97. The number of aryl methyl sites for hydroxylation is 1. The molecule has 4 aromatic rings. The summed E-state index contributed by atoms with van der Waals surface area (Å²) in [6.45, 7) is 0.692. The van der Waals surface area contributed by atoms with Crippen LogP contribution in [0.2, 0.25) is 0 Å². The Labute approximate surface area is 204 Å². The van der Waals surface area contributed by atoms with Crippen LogP contribution in [-0.4, -0.2) is 38.6 Å². The molecule has 0 saturated carbocycles. The summed E-state index contributed by atoms with van der Waals surface area (Å²) in [6, 6.07) is 13.4. The van der Waals surface area contributed by atoms with E-state index in [0.717, 1.165) is 11.6 Å². The van der Waals surface area contributed by atoms with Gasteiger partial charge in [0.05, 0.1) is 11.8 Å². The fraction of sp³-hybridized carbons (Fsp3) is 0.208. The number of nitrogens with one attached hydrogen (secondary N) is 1. The first-order chi connectivity index (χ1) is 16.1. The number of carbonyl (C=O) groups is 2. The number of carbonyl (C=O) groups excluding carboxylic acids is 2. The number of hydrogen-bond acceptors (Lipinski definition) is 6. The van der Waals surface area contributed by atoms with Crippen LogP contribution in [0.15, 0.2) is 70.8 Å². The minimum absolute atomic E-state index is 0.00784. The number of amides is 2. The standard InChI is InChI=1S/C24H22N4O2S3/c1-27-12-10-25-24(27)33-15-21(29)26-17-6-4-16(5-7-17)23(30)28-11-8-19-18(9-14-32-19)22(28)20-3-2-13-31-20/h2-7,9-10,12-14,22H,8,11,15H2,1H3,(H,26,29). The van der Waals surface area contributed by atoms with Gasteiger partial charge < -0.3 is 14.8 Å². The molecule has 6 nitrogen and oxygen atoms in total. The van der Waals surface area contributed by atoms with Gasteiger partial charge in [-0.2, -0.15) is 0 Å². The van der Waals surface area contributed by atoms with Gasteiger partial charge in [0.1, 0.15) is 0 Å². The molecular formula is C24H22N4O2S3. The van der Waals surface area contributed by atoms with E-state index >= 15 is 0 Å². The number of hydrogen-bond donors (Lipinski definition) is 1. The van der Waals surface area contributed by atoms with Crippen molar-refractivity contribution in [2.75, 3.05) is 17.6 Å². The van der Waals surface area contributed by atoms with Gasteiger partial charge in [-0.1, -0.05) is 17.8 Å². The van der Waals surface area contributed by atoms with Crippen molar-refractivity contribution in [2.45, 2.75) is 17.6 Å². The number of aromatic nitrogens is 2. The monoisotopic (exact) mass is 494 g/mol. The number of anilines is 1. The quantitative estimate of drug-likeness (QED) is 0.381. The van der Waals surface area contributed by atoms with E-state index in [1.807, 2.05) is 28.8 Å². The van der Waals surface area contributed by atoms with E-state index in [1.54, 1.807) is 53.1 Å². The number of nitrogens with zero attached hydrogens (tertiary/aromatic N) is 3. The van der Waals surface area contributed by atoms with Crippen LogP contribution in [0, 0.1) is 0 Å². The highest BCUT2D eigenvalue weighted by Gasteiger charge is 2.33. The first kappa shape index (κ1) is 21.9. The minimum atomic E-state index is -0.110. The highest BCUT2D eigenvalue weighted by atomic mass is 32.2. The molecule has 0 radical (unpaired) electrons. The minimum Gasteiger partial charge on any atom is -0.329 e. The number of thioether (sulfide) groups is 1. The average molecular weight is 495 g/mol. The van der Waals surface area contributed by atoms with Crippen molar-refractivity contribution in [3.05, 3.63) is 86.5 Å². The molecule has 168 valence electrons. The molecule has 1 aliphatic rings. The van der Waals surface area contributed by atoms with E-state index in [4.69, 9.17) is 0 Å². The summed E-state index contributed by atoms with van der Waals surface area (Å²) in [6.07, 6.45) is 4.43. The molecule has 0 saturated heterocycles. The van der Waals surface area contributed by atoms with Crippen molar-refractivity contribution < 1.29 is 9.59 Å². The second kappa shape index (κ2) is 9.54. The lowest BCUT2D eigenvalue weighted by Gasteiger charge is -2.35. The van der Waals surface area contributed by atoms with E-state index in [2.05, 4.69) is 33.2 Å². The molecule has 9 heteroatoms. The molecule has 2 amide bonds. The summed E-state index contributed by atoms with van der Waals surface area (Å²) >= 11 is 4.83. The smallest absolute Gasteiger partial charge is 0.254 e. The van der Waals surface area contributed by atoms with E-state index in [1.165, 1.54) is 27.1 Å². The van der Waals surface area contributed by atoms with Crippen LogP contribution >= 0.6 is 34.4 Å². The van der Waals surface area contributed by atoms with Crippen LogP contribution in [0.3, 0.4) is 0 Å². The number of benzene rings is 1. The van der Waals surface area contributed by atoms with Gasteiger partial charge >= 0.3 is 0 Å². The van der Waals surface area contributed by atoms with Gasteiger partial charge in [0.2, 0.25) is 5.91 Å². The molecule has 33 heavy (non-hydrogen) atoms. The Morgan fingerprint density at radius 2 is 2.00 bits per heavy atom. The molecular weight excluding hydrogens is 472 g/mol. The highest BCUT2D eigenvalue weighted by Crippen LogP contribution is 2.40.